The zero-order valence-corrected chi connectivity index (χ0v) is 9.90. The molecule has 0 radical (unpaired) electrons. The molecule has 3 nitrogen and oxygen atoms in total. The van der Waals surface area contributed by atoms with Crippen molar-refractivity contribution in [3.05, 3.63) is 29.8 Å². The predicted octanol–water partition coefficient (Wildman–Crippen LogP) is 2.96. The van der Waals surface area contributed by atoms with Crippen molar-refractivity contribution in [1.82, 2.24) is 0 Å². The van der Waals surface area contributed by atoms with E-state index in [9.17, 15) is 4.79 Å². The zero-order valence-electron chi connectivity index (χ0n) is 9.90. The Bertz CT molecular complexity index is 452. The van der Waals surface area contributed by atoms with Crippen molar-refractivity contribution in [3.63, 3.8) is 0 Å². The van der Waals surface area contributed by atoms with Crippen LogP contribution in [0.5, 0.6) is 5.75 Å². The highest BCUT2D eigenvalue weighted by atomic mass is 16.5. The van der Waals surface area contributed by atoms with Crippen LogP contribution in [0.15, 0.2) is 24.3 Å². The molecule has 0 aromatic heterocycles. The maximum atomic E-state index is 11.1. The van der Waals surface area contributed by atoms with Gasteiger partial charge in [0.15, 0.2) is 5.78 Å². The van der Waals surface area contributed by atoms with Gasteiger partial charge in [0.25, 0.3) is 0 Å². The van der Waals surface area contributed by atoms with E-state index in [2.05, 4.69) is 6.07 Å². The Morgan fingerprint density at radius 3 is 2.53 bits per heavy atom. The average Bonchev–Trinajstić information content (AvgIpc) is 3.08. The van der Waals surface area contributed by atoms with Gasteiger partial charge in [-0.1, -0.05) is 0 Å². The van der Waals surface area contributed by atoms with Gasteiger partial charge in [0.1, 0.15) is 5.75 Å². The van der Waals surface area contributed by atoms with E-state index in [0.717, 1.165) is 18.6 Å². The minimum atomic E-state index is 0.0553. The molecule has 2 rings (SSSR count). The second-order valence-corrected chi connectivity index (χ2v) is 4.70. The second kappa shape index (κ2) is 4.58. The van der Waals surface area contributed by atoms with E-state index in [4.69, 9.17) is 10.00 Å². The minimum absolute atomic E-state index is 0.0553. The molecule has 0 heterocycles. The molecule has 1 aliphatic rings. The van der Waals surface area contributed by atoms with E-state index in [0.29, 0.717) is 18.6 Å². The molecule has 0 saturated heterocycles. The van der Waals surface area contributed by atoms with Gasteiger partial charge in [-0.15, -0.1) is 0 Å². The van der Waals surface area contributed by atoms with Crippen LogP contribution in [0.3, 0.4) is 0 Å². The number of ketones is 1. The van der Waals surface area contributed by atoms with E-state index in [1.807, 2.05) is 0 Å². The summed E-state index contributed by atoms with van der Waals surface area (Å²) in [5.74, 6) is 0.818. The standard InChI is InChI=1S/C14H15NO2/c1-11(16)12-2-4-13(5-3-12)17-10-14(6-7-14)8-9-15/h2-5H,6-8,10H2,1H3. The fraction of sp³-hybridized carbons (Fsp3) is 0.429. The first-order valence-electron chi connectivity index (χ1n) is 5.76. The number of carbonyl (C=O) groups is 1. The molecule has 1 aromatic carbocycles. The number of carbonyl (C=O) groups excluding carboxylic acids is 1. The van der Waals surface area contributed by atoms with Gasteiger partial charge in [-0.2, -0.15) is 5.26 Å². The molecule has 0 amide bonds. The first kappa shape index (κ1) is 11.7. The lowest BCUT2D eigenvalue weighted by molar-refractivity contribution is 0.101. The van der Waals surface area contributed by atoms with Crippen LogP contribution in [0.25, 0.3) is 0 Å². The van der Waals surface area contributed by atoms with Gasteiger partial charge in [0.05, 0.1) is 12.7 Å². The van der Waals surface area contributed by atoms with Crippen molar-refractivity contribution in [3.8, 4) is 11.8 Å². The highest BCUT2D eigenvalue weighted by Gasteiger charge is 2.43. The molecular formula is C14H15NO2. The lowest BCUT2D eigenvalue weighted by Crippen LogP contribution is -2.12. The third-order valence-electron chi connectivity index (χ3n) is 3.22. The molecule has 17 heavy (non-hydrogen) atoms. The molecule has 0 atom stereocenters. The quantitative estimate of drug-likeness (QED) is 0.729. The normalized spacial score (nSPS) is 16.0. The van der Waals surface area contributed by atoms with Crippen LogP contribution in [0.2, 0.25) is 0 Å². The highest BCUT2D eigenvalue weighted by Crippen LogP contribution is 2.48. The van der Waals surface area contributed by atoms with Gasteiger partial charge < -0.3 is 4.74 Å². The van der Waals surface area contributed by atoms with E-state index in [1.165, 1.54) is 0 Å². The van der Waals surface area contributed by atoms with Crippen LogP contribution in [0, 0.1) is 16.7 Å². The Morgan fingerprint density at radius 1 is 1.41 bits per heavy atom. The van der Waals surface area contributed by atoms with Gasteiger partial charge in [-0.3, -0.25) is 4.79 Å². The monoisotopic (exact) mass is 229 g/mol. The summed E-state index contributed by atoms with van der Waals surface area (Å²) in [7, 11) is 0. The van der Waals surface area contributed by atoms with Crippen molar-refractivity contribution < 1.29 is 9.53 Å². The summed E-state index contributed by atoms with van der Waals surface area (Å²) < 4.78 is 5.66. The van der Waals surface area contributed by atoms with Crippen LogP contribution in [0.1, 0.15) is 36.5 Å². The molecule has 0 unspecified atom stereocenters. The molecule has 1 saturated carbocycles. The van der Waals surface area contributed by atoms with Crippen molar-refractivity contribution >= 4 is 5.78 Å². The Balaban J connectivity index is 1.92. The average molecular weight is 229 g/mol. The number of hydrogen-bond donors (Lipinski definition) is 0. The van der Waals surface area contributed by atoms with E-state index < -0.39 is 0 Å². The van der Waals surface area contributed by atoms with Crippen LogP contribution in [0.4, 0.5) is 0 Å². The number of hydrogen-bond acceptors (Lipinski definition) is 3. The van der Waals surface area contributed by atoms with E-state index in [1.54, 1.807) is 31.2 Å². The fourth-order valence-electron chi connectivity index (χ4n) is 1.74. The first-order valence-corrected chi connectivity index (χ1v) is 5.76. The molecule has 0 aliphatic heterocycles. The van der Waals surface area contributed by atoms with Crippen LogP contribution in [-0.2, 0) is 0 Å². The Hall–Kier alpha value is -1.82. The smallest absolute Gasteiger partial charge is 0.159 e. The minimum Gasteiger partial charge on any atom is -0.493 e. The number of ether oxygens (including phenoxy) is 1. The maximum absolute atomic E-state index is 11.1. The van der Waals surface area contributed by atoms with Crippen molar-refractivity contribution in [2.45, 2.75) is 26.2 Å². The molecule has 0 spiro atoms. The van der Waals surface area contributed by atoms with Crippen molar-refractivity contribution in [1.29, 1.82) is 5.26 Å². The molecule has 1 aromatic rings. The predicted molar refractivity (Wildman–Crippen MR) is 63.8 cm³/mol. The Labute approximate surface area is 101 Å². The van der Waals surface area contributed by atoms with Gasteiger partial charge in [0.2, 0.25) is 0 Å². The van der Waals surface area contributed by atoms with E-state index >= 15 is 0 Å². The molecule has 3 heteroatoms. The number of nitrogens with zero attached hydrogens (tertiary/aromatic N) is 1. The third-order valence-corrected chi connectivity index (χ3v) is 3.22. The highest BCUT2D eigenvalue weighted by molar-refractivity contribution is 5.94. The topological polar surface area (TPSA) is 50.1 Å². The summed E-state index contributed by atoms with van der Waals surface area (Å²) in [6, 6.07) is 9.35. The molecular weight excluding hydrogens is 214 g/mol. The van der Waals surface area contributed by atoms with Crippen molar-refractivity contribution in [2.75, 3.05) is 6.61 Å². The summed E-state index contributed by atoms with van der Waals surface area (Å²) in [4.78, 5) is 11.1. The first-order chi connectivity index (χ1) is 8.15. The molecule has 1 fully saturated rings. The lowest BCUT2D eigenvalue weighted by Gasteiger charge is -2.12. The summed E-state index contributed by atoms with van der Waals surface area (Å²) in [6.45, 7) is 2.14. The Kier molecular flexibility index (Phi) is 3.14. The van der Waals surface area contributed by atoms with Gasteiger partial charge in [0, 0.05) is 17.4 Å². The molecule has 1 aliphatic carbocycles. The van der Waals surface area contributed by atoms with Crippen LogP contribution in [-0.4, -0.2) is 12.4 Å². The number of Topliss-reactive ketones (excluding diaryl/α,β-unsaturated/α-hetero) is 1. The summed E-state index contributed by atoms with van der Waals surface area (Å²) in [6.07, 6.45) is 2.72. The number of nitriles is 1. The summed E-state index contributed by atoms with van der Waals surface area (Å²) in [5.41, 5.74) is 0.782. The van der Waals surface area contributed by atoms with Crippen molar-refractivity contribution in [2.24, 2.45) is 5.41 Å². The molecule has 88 valence electrons. The van der Waals surface area contributed by atoms with E-state index in [-0.39, 0.29) is 11.2 Å². The largest absolute Gasteiger partial charge is 0.493 e. The SMILES string of the molecule is CC(=O)c1ccc(OCC2(CC#N)CC2)cc1. The van der Waals surface area contributed by atoms with Crippen LogP contribution >= 0.6 is 0 Å². The molecule has 0 bridgehead atoms. The fourth-order valence-corrected chi connectivity index (χ4v) is 1.74. The summed E-state index contributed by atoms with van der Waals surface area (Å²) in [5, 5.41) is 8.69. The molecule has 0 N–H and O–H groups in total. The Morgan fingerprint density at radius 2 is 2.06 bits per heavy atom. The lowest BCUT2D eigenvalue weighted by atomic mass is 10.1. The second-order valence-electron chi connectivity index (χ2n) is 4.70. The van der Waals surface area contributed by atoms with Gasteiger partial charge in [-0.25, -0.2) is 0 Å². The maximum Gasteiger partial charge on any atom is 0.159 e. The van der Waals surface area contributed by atoms with Gasteiger partial charge >= 0.3 is 0 Å². The number of rotatable bonds is 5. The number of benzene rings is 1. The summed E-state index contributed by atoms with van der Waals surface area (Å²) >= 11 is 0. The third kappa shape index (κ3) is 2.85. The van der Waals surface area contributed by atoms with Gasteiger partial charge in [-0.05, 0) is 44.0 Å². The zero-order chi connectivity index (χ0) is 12.3. The van der Waals surface area contributed by atoms with Crippen LogP contribution < -0.4 is 4.74 Å².